The molecule has 0 aliphatic carbocycles. The number of carbonyl (C=O) groups excluding carboxylic acids is 1. The Morgan fingerprint density at radius 3 is 2.70 bits per heavy atom. The lowest BCUT2D eigenvalue weighted by Gasteiger charge is -2.12. The number of rotatable bonds is 10. The highest BCUT2D eigenvalue weighted by Crippen LogP contribution is 2.17. The van der Waals surface area contributed by atoms with Crippen molar-refractivity contribution in [1.82, 2.24) is 10.6 Å². The Balaban J connectivity index is 2.40. The summed E-state index contributed by atoms with van der Waals surface area (Å²) in [5.74, 6) is 0.719. The highest BCUT2D eigenvalue weighted by Gasteiger charge is 2.05. The van der Waals surface area contributed by atoms with Gasteiger partial charge in [0, 0.05) is 18.7 Å². The molecule has 0 saturated heterocycles. The third kappa shape index (κ3) is 6.57. The molecule has 1 aromatic rings. The summed E-state index contributed by atoms with van der Waals surface area (Å²) in [5.41, 5.74) is 1.09. The van der Waals surface area contributed by atoms with E-state index in [0.29, 0.717) is 0 Å². The van der Waals surface area contributed by atoms with Crippen LogP contribution in [0.15, 0.2) is 24.3 Å². The molecule has 0 aliphatic heterocycles. The topological polar surface area (TPSA) is 50.4 Å². The van der Waals surface area contributed by atoms with Crippen LogP contribution in [0.2, 0.25) is 0 Å². The number of benzene rings is 1. The third-order valence-electron chi connectivity index (χ3n) is 2.93. The molecule has 0 atom stereocenters. The molecule has 0 unspecified atom stereocenters. The Bertz CT molecular complexity index is 394. The van der Waals surface area contributed by atoms with Crippen LogP contribution in [0.1, 0.15) is 38.7 Å². The fourth-order valence-electron chi connectivity index (χ4n) is 1.79. The van der Waals surface area contributed by atoms with Gasteiger partial charge in [-0.2, -0.15) is 0 Å². The number of amides is 1. The molecule has 0 radical (unpaired) electrons. The second-order valence-corrected chi connectivity index (χ2v) is 4.78. The first-order chi connectivity index (χ1) is 9.77. The average molecular weight is 278 g/mol. The van der Waals surface area contributed by atoms with Gasteiger partial charge >= 0.3 is 0 Å². The lowest BCUT2D eigenvalue weighted by Crippen LogP contribution is -2.29. The van der Waals surface area contributed by atoms with Crippen LogP contribution in [-0.4, -0.2) is 25.6 Å². The van der Waals surface area contributed by atoms with E-state index in [0.717, 1.165) is 50.2 Å². The van der Waals surface area contributed by atoms with E-state index in [-0.39, 0.29) is 12.5 Å². The van der Waals surface area contributed by atoms with Gasteiger partial charge in [0.25, 0.3) is 5.91 Å². The maximum atomic E-state index is 11.6. The Morgan fingerprint density at radius 2 is 1.95 bits per heavy atom. The van der Waals surface area contributed by atoms with Crippen molar-refractivity contribution in [2.24, 2.45) is 0 Å². The molecule has 0 bridgehead atoms. The summed E-state index contributed by atoms with van der Waals surface area (Å²) in [6, 6.07) is 7.83. The fraction of sp³-hybridized carbons (Fsp3) is 0.562. The molecule has 0 spiro atoms. The quantitative estimate of drug-likeness (QED) is 0.646. The maximum absolute atomic E-state index is 11.6. The number of carbonyl (C=O) groups is 1. The zero-order valence-electron chi connectivity index (χ0n) is 12.6. The van der Waals surface area contributed by atoms with Crippen LogP contribution in [0.25, 0.3) is 0 Å². The van der Waals surface area contributed by atoms with Crippen LogP contribution >= 0.6 is 0 Å². The molecular formula is C16H26N2O2. The molecule has 1 amide bonds. The standard InChI is InChI=1S/C16H26N2O2/c1-3-5-11-18-16(19)13-20-15-9-7-6-8-14(15)12-17-10-4-2/h6-9,17H,3-5,10-13H2,1-2H3,(H,18,19). The van der Waals surface area contributed by atoms with Crippen molar-refractivity contribution in [3.05, 3.63) is 29.8 Å². The van der Waals surface area contributed by atoms with E-state index < -0.39 is 0 Å². The van der Waals surface area contributed by atoms with Crippen molar-refractivity contribution in [1.29, 1.82) is 0 Å². The van der Waals surface area contributed by atoms with Gasteiger partial charge in [-0.1, -0.05) is 38.5 Å². The first kappa shape index (κ1) is 16.5. The average Bonchev–Trinajstić information content (AvgIpc) is 2.47. The van der Waals surface area contributed by atoms with Crippen molar-refractivity contribution in [2.75, 3.05) is 19.7 Å². The van der Waals surface area contributed by atoms with E-state index in [4.69, 9.17) is 4.74 Å². The second kappa shape index (κ2) is 10.3. The van der Waals surface area contributed by atoms with Crippen LogP contribution < -0.4 is 15.4 Å². The number of hydrogen-bond donors (Lipinski definition) is 2. The smallest absolute Gasteiger partial charge is 0.257 e. The van der Waals surface area contributed by atoms with Crippen molar-refractivity contribution < 1.29 is 9.53 Å². The predicted molar refractivity (Wildman–Crippen MR) is 81.9 cm³/mol. The van der Waals surface area contributed by atoms with Gasteiger partial charge in [-0.3, -0.25) is 4.79 Å². The van der Waals surface area contributed by atoms with Gasteiger partial charge in [0.05, 0.1) is 0 Å². The fourth-order valence-corrected chi connectivity index (χ4v) is 1.79. The molecule has 2 N–H and O–H groups in total. The van der Waals surface area contributed by atoms with E-state index >= 15 is 0 Å². The first-order valence-corrected chi connectivity index (χ1v) is 7.46. The number of unbranched alkanes of at least 4 members (excludes halogenated alkanes) is 1. The summed E-state index contributed by atoms with van der Waals surface area (Å²) in [5, 5.41) is 6.19. The predicted octanol–water partition coefficient (Wildman–Crippen LogP) is 2.48. The van der Waals surface area contributed by atoms with Crippen LogP contribution in [0.3, 0.4) is 0 Å². The van der Waals surface area contributed by atoms with E-state index in [1.54, 1.807) is 0 Å². The highest BCUT2D eigenvalue weighted by molar-refractivity contribution is 5.77. The number of para-hydroxylation sites is 1. The van der Waals surface area contributed by atoms with Crippen LogP contribution in [-0.2, 0) is 11.3 Å². The van der Waals surface area contributed by atoms with Gasteiger partial charge in [-0.15, -0.1) is 0 Å². The largest absolute Gasteiger partial charge is 0.483 e. The first-order valence-electron chi connectivity index (χ1n) is 7.46. The summed E-state index contributed by atoms with van der Waals surface area (Å²) in [6.07, 6.45) is 3.18. The Labute approximate surface area is 121 Å². The molecule has 4 heteroatoms. The minimum Gasteiger partial charge on any atom is -0.483 e. The summed E-state index contributed by atoms with van der Waals surface area (Å²) in [6.45, 7) is 6.78. The lowest BCUT2D eigenvalue weighted by molar-refractivity contribution is -0.123. The molecule has 1 aromatic carbocycles. The minimum absolute atomic E-state index is 0.0604. The normalized spacial score (nSPS) is 10.3. The number of ether oxygens (including phenoxy) is 1. The van der Waals surface area contributed by atoms with Crippen LogP contribution in [0.5, 0.6) is 5.75 Å². The van der Waals surface area contributed by atoms with Gasteiger partial charge in [0.15, 0.2) is 6.61 Å². The molecule has 0 heterocycles. The minimum atomic E-state index is -0.0604. The Hall–Kier alpha value is -1.55. The molecule has 1 rings (SSSR count). The van der Waals surface area contributed by atoms with Crippen molar-refractivity contribution >= 4 is 5.91 Å². The zero-order valence-corrected chi connectivity index (χ0v) is 12.6. The molecule has 4 nitrogen and oxygen atoms in total. The zero-order chi connectivity index (χ0) is 14.6. The van der Waals surface area contributed by atoms with Gasteiger partial charge in [-0.25, -0.2) is 0 Å². The molecule has 0 saturated carbocycles. The lowest BCUT2D eigenvalue weighted by atomic mass is 10.2. The molecule has 0 aromatic heterocycles. The molecule has 20 heavy (non-hydrogen) atoms. The Morgan fingerprint density at radius 1 is 1.15 bits per heavy atom. The molecule has 112 valence electrons. The molecular weight excluding hydrogens is 252 g/mol. The summed E-state index contributed by atoms with van der Waals surface area (Å²) >= 11 is 0. The van der Waals surface area contributed by atoms with Gasteiger partial charge in [0.1, 0.15) is 5.75 Å². The monoisotopic (exact) mass is 278 g/mol. The highest BCUT2D eigenvalue weighted by atomic mass is 16.5. The summed E-state index contributed by atoms with van der Waals surface area (Å²) < 4.78 is 5.61. The maximum Gasteiger partial charge on any atom is 0.257 e. The van der Waals surface area contributed by atoms with Crippen LogP contribution in [0, 0.1) is 0 Å². The van der Waals surface area contributed by atoms with Crippen molar-refractivity contribution in [2.45, 2.75) is 39.7 Å². The third-order valence-corrected chi connectivity index (χ3v) is 2.93. The van der Waals surface area contributed by atoms with E-state index in [2.05, 4.69) is 24.5 Å². The number of nitrogens with one attached hydrogen (secondary N) is 2. The van der Waals surface area contributed by atoms with Crippen molar-refractivity contribution in [3.63, 3.8) is 0 Å². The van der Waals surface area contributed by atoms with E-state index in [1.807, 2.05) is 24.3 Å². The van der Waals surface area contributed by atoms with Gasteiger partial charge < -0.3 is 15.4 Å². The van der Waals surface area contributed by atoms with Crippen molar-refractivity contribution in [3.8, 4) is 5.75 Å². The SMILES string of the molecule is CCCCNC(=O)COc1ccccc1CNCCC. The summed E-state index contributed by atoms with van der Waals surface area (Å²) in [7, 11) is 0. The molecule has 0 aliphatic rings. The summed E-state index contributed by atoms with van der Waals surface area (Å²) in [4.78, 5) is 11.6. The van der Waals surface area contributed by atoms with E-state index in [1.165, 1.54) is 0 Å². The molecule has 0 fully saturated rings. The second-order valence-electron chi connectivity index (χ2n) is 4.78. The van der Waals surface area contributed by atoms with E-state index in [9.17, 15) is 4.79 Å². The number of hydrogen-bond acceptors (Lipinski definition) is 3. The van der Waals surface area contributed by atoms with Gasteiger partial charge in [-0.05, 0) is 25.5 Å². The Kier molecular flexibility index (Phi) is 8.47. The van der Waals surface area contributed by atoms with Crippen LogP contribution in [0.4, 0.5) is 0 Å². The van der Waals surface area contributed by atoms with Gasteiger partial charge in [0.2, 0.25) is 0 Å².